The number of fused-ring (bicyclic) bond motifs is 1. The lowest BCUT2D eigenvalue weighted by atomic mass is 10.1. The lowest BCUT2D eigenvalue weighted by molar-refractivity contribution is 0.357. The molecule has 23 heavy (non-hydrogen) atoms. The predicted octanol–water partition coefficient (Wildman–Crippen LogP) is 5.17. The molecule has 0 saturated heterocycles. The van der Waals surface area contributed by atoms with Crippen molar-refractivity contribution in [2.24, 2.45) is 0 Å². The number of aryl methyl sites for hydroxylation is 1. The normalized spacial score (nSPS) is 11.6. The van der Waals surface area contributed by atoms with E-state index >= 15 is 0 Å². The third-order valence-electron chi connectivity index (χ3n) is 3.70. The molecule has 0 bridgehead atoms. The zero-order valence-corrected chi connectivity index (χ0v) is 14.3. The molecule has 1 aromatic heterocycles. The topological polar surface area (TPSA) is 39.4 Å². The van der Waals surface area contributed by atoms with E-state index in [1.54, 1.807) is 0 Å². The lowest BCUT2D eigenvalue weighted by Crippen LogP contribution is -2.01. The van der Waals surface area contributed by atoms with Crippen molar-refractivity contribution in [3.05, 3.63) is 63.5 Å². The average molecular weight is 312 g/mol. The summed E-state index contributed by atoms with van der Waals surface area (Å²) in [6.45, 7) is 8.69. The van der Waals surface area contributed by atoms with Gasteiger partial charge in [0.2, 0.25) is 0 Å². The largest absolute Gasteiger partial charge is 0.486 e. The first-order valence-electron chi connectivity index (χ1n) is 7.92. The molecular formula is C20H24O3. The first-order chi connectivity index (χ1) is 11.0. The maximum Gasteiger partial charge on any atom is 0.336 e. The average Bonchev–Trinajstić information content (AvgIpc) is 2.47. The van der Waals surface area contributed by atoms with Gasteiger partial charge in [-0.15, -0.1) is 0 Å². The quantitative estimate of drug-likeness (QED) is 0.545. The van der Waals surface area contributed by atoms with E-state index in [-0.39, 0.29) is 5.63 Å². The van der Waals surface area contributed by atoms with Gasteiger partial charge >= 0.3 is 5.63 Å². The van der Waals surface area contributed by atoms with Gasteiger partial charge in [-0.05, 0) is 58.2 Å². The number of rotatable bonds is 6. The summed E-state index contributed by atoms with van der Waals surface area (Å²) in [5.74, 6) is 0.608. The Labute approximate surface area is 137 Å². The Bertz CT molecular complexity index is 790. The maximum atomic E-state index is 11.6. The van der Waals surface area contributed by atoms with E-state index in [0.29, 0.717) is 17.9 Å². The smallest absolute Gasteiger partial charge is 0.336 e. The Morgan fingerprint density at radius 2 is 2.00 bits per heavy atom. The van der Waals surface area contributed by atoms with Crippen LogP contribution in [0.1, 0.15) is 39.2 Å². The van der Waals surface area contributed by atoms with Crippen molar-refractivity contribution in [1.82, 2.24) is 0 Å². The molecule has 0 aliphatic rings. The molecule has 0 aliphatic carbocycles. The van der Waals surface area contributed by atoms with Gasteiger partial charge in [-0.2, -0.15) is 0 Å². The highest BCUT2D eigenvalue weighted by molar-refractivity contribution is 5.85. The van der Waals surface area contributed by atoms with Crippen LogP contribution in [0.5, 0.6) is 5.75 Å². The molecule has 0 atom stereocenters. The zero-order chi connectivity index (χ0) is 16.8. The van der Waals surface area contributed by atoms with Crippen LogP contribution in [0.3, 0.4) is 0 Å². The summed E-state index contributed by atoms with van der Waals surface area (Å²) in [4.78, 5) is 11.6. The summed E-state index contributed by atoms with van der Waals surface area (Å²) in [5.41, 5.74) is 3.71. The van der Waals surface area contributed by atoms with Gasteiger partial charge in [-0.25, -0.2) is 4.79 Å². The highest BCUT2D eigenvalue weighted by Crippen LogP contribution is 2.26. The van der Waals surface area contributed by atoms with E-state index < -0.39 is 0 Å². The van der Waals surface area contributed by atoms with Gasteiger partial charge in [0, 0.05) is 11.5 Å². The zero-order valence-electron chi connectivity index (χ0n) is 14.3. The van der Waals surface area contributed by atoms with Gasteiger partial charge in [0.15, 0.2) is 11.3 Å². The van der Waals surface area contributed by atoms with Crippen molar-refractivity contribution in [2.75, 3.05) is 6.61 Å². The van der Waals surface area contributed by atoms with Crippen LogP contribution in [0.2, 0.25) is 0 Å². The summed E-state index contributed by atoms with van der Waals surface area (Å²) in [6, 6.07) is 7.17. The first-order valence-corrected chi connectivity index (χ1v) is 7.92. The fraction of sp³-hybridized carbons (Fsp3) is 0.350. The van der Waals surface area contributed by atoms with E-state index in [9.17, 15) is 4.79 Å². The number of hydrogen-bond donors (Lipinski definition) is 0. The fourth-order valence-corrected chi connectivity index (χ4v) is 2.39. The molecule has 0 saturated carbocycles. The maximum absolute atomic E-state index is 11.6. The lowest BCUT2D eigenvalue weighted by Gasteiger charge is -2.08. The first kappa shape index (κ1) is 17.1. The van der Waals surface area contributed by atoms with Crippen molar-refractivity contribution >= 4 is 11.0 Å². The Morgan fingerprint density at radius 1 is 1.22 bits per heavy atom. The number of benzene rings is 1. The second kappa shape index (κ2) is 7.82. The summed E-state index contributed by atoms with van der Waals surface area (Å²) in [5, 5.41) is 0.909. The minimum Gasteiger partial charge on any atom is -0.486 e. The summed E-state index contributed by atoms with van der Waals surface area (Å²) < 4.78 is 11.1. The van der Waals surface area contributed by atoms with Crippen molar-refractivity contribution < 1.29 is 9.15 Å². The third kappa shape index (κ3) is 4.85. The van der Waals surface area contributed by atoms with Crippen molar-refractivity contribution in [3.8, 4) is 5.75 Å². The van der Waals surface area contributed by atoms with E-state index in [1.165, 1.54) is 17.2 Å². The molecule has 0 amide bonds. The third-order valence-corrected chi connectivity index (χ3v) is 3.70. The second-order valence-corrected chi connectivity index (χ2v) is 6.06. The molecule has 1 heterocycles. The molecule has 0 unspecified atom stereocenters. The van der Waals surface area contributed by atoms with Gasteiger partial charge in [0.05, 0.1) is 0 Å². The van der Waals surface area contributed by atoms with Crippen LogP contribution in [0.25, 0.3) is 11.0 Å². The van der Waals surface area contributed by atoms with E-state index in [0.717, 1.165) is 23.8 Å². The van der Waals surface area contributed by atoms with Gasteiger partial charge in [-0.1, -0.05) is 29.4 Å². The molecule has 1 aromatic carbocycles. The van der Waals surface area contributed by atoms with Crippen LogP contribution in [0.15, 0.2) is 56.8 Å². The standard InChI is InChI=1S/C20H24O3/c1-14(2)7-5-8-15(3)11-12-22-18-10-6-9-17-16(4)13-19(21)23-20(17)18/h6-7,9-11,13H,5,8,12H2,1-4H3/b15-11-. The molecule has 3 nitrogen and oxygen atoms in total. The molecule has 2 aromatic rings. The van der Waals surface area contributed by atoms with Crippen LogP contribution in [0, 0.1) is 6.92 Å². The molecule has 122 valence electrons. The number of hydrogen-bond acceptors (Lipinski definition) is 3. The Kier molecular flexibility index (Phi) is 5.80. The Balaban J connectivity index is 2.08. The van der Waals surface area contributed by atoms with E-state index in [2.05, 4.69) is 32.9 Å². The molecule has 0 N–H and O–H groups in total. The second-order valence-electron chi connectivity index (χ2n) is 6.06. The highest BCUT2D eigenvalue weighted by Gasteiger charge is 2.07. The Morgan fingerprint density at radius 3 is 2.74 bits per heavy atom. The van der Waals surface area contributed by atoms with Crippen LogP contribution in [-0.2, 0) is 0 Å². The molecule has 3 heteroatoms. The number of allylic oxidation sites excluding steroid dienone is 3. The van der Waals surface area contributed by atoms with Crippen LogP contribution in [0.4, 0.5) is 0 Å². The summed E-state index contributed by atoms with van der Waals surface area (Å²) in [6.07, 6.45) is 6.39. The predicted molar refractivity (Wildman–Crippen MR) is 95.1 cm³/mol. The Hall–Kier alpha value is -2.29. The summed E-state index contributed by atoms with van der Waals surface area (Å²) in [7, 11) is 0. The number of ether oxygens (including phenoxy) is 1. The van der Waals surface area contributed by atoms with Crippen molar-refractivity contribution in [1.29, 1.82) is 0 Å². The van der Waals surface area contributed by atoms with Gasteiger partial charge < -0.3 is 9.15 Å². The SMILES string of the molecule is CC(C)=CCC/C(C)=C\COc1cccc2c(C)cc(=O)oc12. The van der Waals surface area contributed by atoms with Crippen LogP contribution < -0.4 is 10.4 Å². The van der Waals surface area contributed by atoms with Gasteiger partial charge in [0.1, 0.15) is 6.61 Å². The van der Waals surface area contributed by atoms with Gasteiger partial charge in [0.25, 0.3) is 0 Å². The molecule has 0 fully saturated rings. The van der Waals surface area contributed by atoms with Crippen LogP contribution in [-0.4, -0.2) is 6.61 Å². The van der Waals surface area contributed by atoms with Gasteiger partial charge in [-0.3, -0.25) is 0 Å². The van der Waals surface area contributed by atoms with E-state index in [4.69, 9.17) is 9.15 Å². The molecule has 0 spiro atoms. The minimum atomic E-state index is -0.348. The van der Waals surface area contributed by atoms with Crippen LogP contribution >= 0.6 is 0 Å². The van der Waals surface area contributed by atoms with E-state index in [1.807, 2.05) is 25.1 Å². The molecular weight excluding hydrogens is 288 g/mol. The monoisotopic (exact) mass is 312 g/mol. The minimum absolute atomic E-state index is 0.348. The highest BCUT2D eigenvalue weighted by atomic mass is 16.5. The molecule has 2 rings (SSSR count). The fourth-order valence-electron chi connectivity index (χ4n) is 2.39. The van der Waals surface area contributed by atoms with Crippen molar-refractivity contribution in [2.45, 2.75) is 40.5 Å². The molecule has 0 radical (unpaired) electrons. The van der Waals surface area contributed by atoms with Crippen molar-refractivity contribution in [3.63, 3.8) is 0 Å². The summed E-state index contributed by atoms with van der Waals surface area (Å²) >= 11 is 0. The molecule has 0 aliphatic heterocycles. The number of para-hydroxylation sites is 1.